The van der Waals surface area contributed by atoms with E-state index in [1.54, 1.807) is 4.90 Å². The van der Waals surface area contributed by atoms with Gasteiger partial charge in [-0.1, -0.05) is 18.2 Å². The Bertz CT molecular complexity index is 1060. The number of hydrogen-bond acceptors (Lipinski definition) is 2. The minimum atomic E-state index is -0.110. The SMILES string of the molecule is CC(C)N(C(=O)Nc1ccc2[nH]cc(C3CCN(C(C)(C)C)CC3)c2c1)c1ccccc1. The molecule has 32 heavy (non-hydrogen) atoms. The maximum absolute atomic E-state index is 13.1. The number of benzene rings is 2. The van der Waals surface area contributed by atoms with Gasteiger partial charge in [0.1, 0.15) is 0 Å². The number of H-pyrrole nitrogens is 1. The van der Waals surface area contributed by atoms with Gasteiger partial charge in [0.15, 0.2) is 0 Å². The molecule has 3 aromatic rings. The van der Waals surface area contributed by atoms with Crippen LogP contribution in [0, 0.1) is 0 Å². The molecule has 0 unspecified atom stereocenters. The summed E-state index contributed by atoms with van der Waals surface area (Å²) in [5.74, 6) is 0.546. The Balaban J connectivity index is 1.53. The maximum atomic E-state index is 13.1. The standard InChI is InChI=1S/C27H36N4O/c1-19(2)31(22-9-7-6-8-10-22)26(32)29-21-11-12-25-23(17-21)24(18-28-25)20-13-15-30(16-14-20)27(3,4)5/h6-12,17-20,28H,13-16H2,1-5H3,(H,29,32). The summed E-state index contributed by atoms with van der Waals surface area (Å²) in [6, 6.07) is 15.9. The Labute approximate surface area is 191 Å². The fourth-order valence-electron chi connectivity index (χ4n) is 4.84. The fourth-order valence-corrected chi connectivity index (χ4v) is 4.84. The third-order valence-corrected chi connectivity index (χ3v) is 6.62. The number of likely N-dealkylation sites (tertiary alicyclic amines) is 1. The zero-order valence-electron chi connectivity index (χ0n) is 20.0. The van der Waals surface area contributed by atoms with Gasteiger partial charge in [0.25, 0.3) is 0 Å². The van der Waals surface area contributed by atoms with Crippen LogP contribution < -0.4 is 10.2 Å². The molecule has 1 aliphatic rings. The first-order valence-electron chi connectivity index (χ1n) is 11.8. The molecule has 1 aliphatic heterocycles. The van der Waals surface area contributed by atoms with Crippen molar-refractivity contribution < 1.29 is 4.79 Å². The lowest BCUT2D eigenvalue weighted by atomic mass is 9.87. The first kappa shape index (κ1) is 22.4. The second-order valence-corrected chi connectivity index (χ2v) is 10.2. The molecule has 0 bridgehead atoms. The Morgan fingerprint density at radius 2 is 1.78 bits per heavy atom. The van der Waals surface area contributed by atoms with Crippen LogP contribution in [0.15, 0.2) is 54.7 Å². The predicted molar refractivity (Wildman–Crippen MR) is 135 cm³/mol. The maximum Gasteiger partial charge on any atom is 0.326 e. The van der Waals surface area contributed by atoms with Crippen LogP contribution in [-0.4, -0.2) is 40.6 Å². The van der Waals surface area contributed by atoms with Crippen molar-refractivity contribution in [1.29, 1.82) is 0 Å². The number of anilines is 2. The minimum absolute atomic E-state index is 0.0527. The summed E-state index contributed by atoms with van der Waals surface area (Å²) < 4.78 is 0. The number of fused-ring (bicyclic) bond motifs is 1. The van der Waals surface area contributed by atoms with Crippen LogP contribution in [0.4, 0.5) is 16.2 Å². The number of urea groups is 1. The van der Waals surface area contributed by atoms with E-state index in [0.717, 1.165) is 42.8 Å². The summed E-state index contributed by atoms with van der Waals surface area (Å²) in [7, 11) is 0. The van der Waals surface area contributed by atoms with Crippen molar-refractivity contribution >= 4 is 28.3 Å². The highest BCUT2D eigenvalue weighted by Crippen LogP contribution is 2.36. The van der Waals surface area contributed by atoms with Crippen molar-refractivity contribution in [2.45, 2.75) is 65.0 Å². The first-order valence-corrected chi connectivity index (χ1v) is 11.8. The van der Waals surface area contributed by atoms with E-state index in [9.17, 15) is 4.79 Å². The van der Waals surface area contributed by atoms with Crippen molar-refractivity contribution in [3.8, 4) is 0 Å². The summed E-state index contributed by atoms with van der Waals surface area (Å²) in [6.45, 7) is 13.2. The number of carbonyl (C=O) groups excluding carboxylic acids is 1. The average molecular weight is 433 g/mol. The van der Waals surface area contributed by atoms with Gasteiger partial charge in [0.05, 0.1) is 0 Å². The lowest BCUT2D eigenvalue weighted by molar-refractivity contribution is 0.102. The van der Waals surface area contributed by atoms with Crippen LogP contribution in [-0.2, 0) is 0 Å². The number of amides is 2. The zero-order chi connectivity index (χ0) is 22.9. The number of piperidine rings is 1. The third-order valence-electron chi connectivity index (χ3n) is 6.62. The smallest absolute Gasteiger partial charge is 0.326 e. The average Bonchev–Trinajstić information content (AvgIpc) is 3.17. The summed E-state index contributed by atoms with van der Waals surface area (Å²) in [5, 5.41) is 4.34. The minimum Gasteiger partial charge on any atom is -0.361 e. The quantitative estimate of drug-likeness (QED) is 0.488. The lowest BCUT2D eigenvalue weighted by Gasteiger charge is -2.41. The molecule has 0 radical (unpaired) electrons. The molecule has 0 atom stereocenters. The molecule has 2 heterocycles. The van der Waals surface area contributed by atoms with Crippen molar-refractivity contribution in [1.82, 2.24) is 9.88 Å². The first-order chi connectivity index (χ1) is 15.2. The number of aromatic amines is 1. The molecular formula is C27H36N4O. The predicted octanol–water partition coefficient (Wildman–Crippen LogP) is 6.59. The molecule has 4 rings (SSSR count). The Morgan fingerprint density at radius 3 is 2.41 bits per heavy atom. The van der Waals surface area contributed by atoms with Gasteiger partial charge in [-0.2, -0.15) is 0 Å². The van der Waals surface area contributed by atoms with E-state index in [-0.39, 0.29) is 17.6 Å². The van der Waals surface area contributed by atoms with E-state index in [0.29, 0.717) is 5.92 Å². The largest absolute Gasteiger partial charge is 0.361 e. The second kappa shape index (κ2) is 8.99. The summed E-state index contributed by atoms with van der Waals surface area (Å²) in [4.78, 5) is 21.0. The van der Waals surface area contributed by atoms with Crippen molar-refractivity contribution in [3.05, 3.63) is 60.3 Å². The van der Waals surface area contributed by atoms with Gasteiger partial charge in [-0.25, -0.2) is 4.79 Å². The van der Waals surface area contributed by atoms with E-state index in [2.05, 4.69) is 54.3 Å². The van der Waals surface area contributed by atoms with Crippen molar-refractivity contribution in [2.75, 3.05) is 23.3 Å². The molecule has 2 amide bonds. The van der Waals surface area contributed by atoms with E-state index < -0.39 is 0 Å². The van der Waals surface area contributed by atoms with Crippen LogP contribution in [0.25, 0.3) is 10.9 Å². The molecular weight excluding hydrogens is 396 g/mol. The van der Waals surface area contributed by atoms with E-state index in [4.69, 9.17) is 0 Å². The lowest BCUT2D eigenvalue weighted by Crippen LogP contribution is -2.45. The molecule has 0 aliphatic carbocycles. The highest BCUT2D eigenvalue weighted by Gasteiger charge is 2.28. The third kappa shape index (κ3) is 4.68. The molecule has 1 aromatic heterocycles. The Morgan fingerprint density at radius 1 is 1.09 bits per heavy atom. The molecule has 2 N–H and O–H groups in total. The van der Waals surface area contributed by atoms with Gasteiger partial charge < -0.3 is 10.3 Å². The molecule has 5 nitrogen and oxygen atoms in total. The summed E-state index contributed by atoms with van der Waals surface area (Å²) >= 11 is 0. The van der Waals surface area contributed by atoms with Crippen LogP contribution in [0.1, 0.15) is 58.9 Å². The topological polar surface area (TPSA) is 51.4 Å². The molecule has 0 spiro atoms. The highest BCUT2D eigenvalue weighted by molar-refractivity contribution is 6.03. The van der Waals surface area contributed by atoms with Crippen LogP contribution in [0.2, 0.25) is 0 Å². The number of aromatic nitrogens is 1. The van der Waals surface area contributed by atoms with Gasteiger partial charge >= 0.3 is 6.03 Å². The normalized spacial score (nSPS) is 15.9. The van der Waals surface area contributed by atoms with Gasteiger partial charge in [0, 0.05) is 40.1 Å². The van der Waals surface area contributed by atoms with E-state index >= 15 is 0 Å². The number of nitrogens with zero attached hydrogens (tertiary/aromatic N) is 2. The molecule has 5 heteroatoms. The van der Waals surface area contributed by atoms with E-state index in [1.165, 1.54) is 10.9 Å². The summed E-state index contributed by atoms with van der Waals surface area (Å²) in [5.41, 5.74) is 4.45. The van der Waals surface area contributed by atoms with Crippen LogP contribution in [0.5, 0.6) is 0 Å². The van der Waals surface area contributed by atoms with Crippen molar-refractivity contribution in [3.63, 3.8) is 0 Å². The number of rotatable bonds is 4. The van der Waals surface area contributed by atoms with E-state index in [1.807, 2.05) is 50.2 Å². The molecule has 0 saturated carbocycles. The van der Waals surface area contributed by atoms with Crippen molar-refractivity contribution in [2.24, 2.45) is 0 Å². The molecule has 1 saturated heterocycles. The number of hydrogen-bond donors (Lipinski definition) is 2. The monoisotopic (exact) mass is 432 g/mol. The Kier molecular flexibility index (Phi) is 6.29. The Hall–Kier alpha value is -2.79. The summed E-state index contributed by atoms with van der Waals surface area (Å²) in [6.07, 6.45) is 4.49. The zero-order valence-corrected chi connectivity index (χ0v) is 20.0. The van der Waals surface area contributed by atoms with Gasteiger partial charge in [-0.05, 0) is 102 Å². The van der Waals surface area contributed by atoms with Crippen LogP contribution >= 0.6 is 0 Å². The highest BCUT2D eigenvalue weighted by atomic mass is 16.2. The number of nitrogens with one attached hydrogen (secondary N) is 2. The fraction of sp³-hybridized carbons (Fsp3) is 0.444. The molecule has 2 aromatic carbocycles. The van der Waals surface area contributed by atoms with Gasteiger partial charge in [0.2, 0.25) is 0 Å². The van der Waals surface area contributed by atoms with Crippen LogP contribution in [0.3, 0.4) is 0 Å². The number of carbonyl (C=O) groups is 1. The second-order valence-electron chi connectivity index (χ2n) is 10.2. The van der Waals surface area contributed by atoms with Gasteiger partial charge in [-0.3, -0.25) is 9.80 Å². The number of para-hydroxylation sites is 1. The molecule has 1 fully saturated rings. The molecule has 170 valence electrons. The van der Waals surface area contributed by atoms with Gasteiger partial charge in [-0.15, -0.1) is 0 Å².